The molecule has 0 aromatic heterocycles. The molecule has 0 saturated heterocycles. The summed E-state index contributed by atoms with van der Waals surface area (Å²) >= 11 is 0. The van der Waals surface area contributed by atoms with Gasteiger partial charge in [-0.15, -0.1) is 0 Å². The molecular weight excluding hydrogens is 288 g/mol. The molecule has 0 bridgehead atoms. The fourth-order valence-electron chi connectivity index (χ4n) is 1.36. The number of allylic oxidation sites excluding steroid dienone is 1. The van der Waals surface area contributed by atoms with E-state index in [9.17, 15) is 14.4 Å². The summed E-state index contributed by atoms with van der Waals surface area (Å²) < 4.78 is 0. The second kappa shape index (κ2) is 11.8. The Kier molecular flexibility index (Phi) is 12.0. The summed E-state index contributed by atoms with van der Waals surface area (Å²) in [6, 6.07) is 0. The molecule has 0 unspecified atom stereocenters. The van der Waals surface area contributed by atoms with Crippen molar-refractivity contribution in [2.75, 3.05) is 0 Å². The molecular formula is C16H28O6. The third-order valence-corrected chi connectivity index (χ3v) is 2.71. The second-order valence-corrected chi connectivity index (χ2v) is 6.29. The van der Waals surface area contributed by atoms with Crippen molar-refractivity contribution in [3.8, 4) is 0 Å². The van der Waals surface area contributed by atoms with Crippen molar-refractivity contribution < 1.29 is 29.7 Å². The van der Waals surface area contributed by atoms with E-state index in [4.69, 9.17) is 15.3 Å². The molecule has 0 fully saturated rings. The fourth-order valence-corrected chi connectivity index (χ4v) is 1.36. The quantitative estimate of drug-likeness (QED) is 0.466. The Morgan fingerprint density at radius 2 is 1.32 bits per heavy atom. The molecule has 128 valence electrons. The summed E-state index contributed by atoms with van der Waals surface area (Å²) in [5.74, 6) is -2.56. The largest absolute Gasteiger partial charge is 0.481 e. The molecule has 3 N–H and O–H groups in total. The van der Waals surface area contributed by atoms with Gasteiger partial charge in [0.15, 0.2) is 0 Å². The van der Waals surface area contributed by atoms with Gasteiger partial charge in [-0.25, -0.2) is 4.79 Å². The number of hydrogen-bond donors (Lipinski definition) is 3. The summed E-state index contributed by atoms with van der Waals surface area (Å²) in [5.41, 5.74) is 0.731. The van der Waals surface area contributed by atoms with E-state index < -0.39 is 17.9 Å². The molecule has 0 rings (SSSR count). The minimum atomic E-state index is -0.870. The van der Waals surface area contributed by atoms with Crippen LogP contribution in [0.15, 0.2) is 11.6 Å². The van der Waals surface area contributed by atoms with Gasteiger partial charge in [0.05, 0.1) is 0 Å². The highest BCUT2D eigenvalue weighted by Crippen LogP contribution is 2.21. The zero-order chi connectivity index (χ0) is 17.8. The van der Waals surface area contributed by atoms with E-state index in [0.29, 0.717) is 18.4 Å². The monoisotopic (exact) mass is 316 g/mol. The van der Waals surface area contributed by atoms with E-state index in [1.807, 2.05) is 0 Å². The standard InChI is InChI=1S/C10H18O2.C6H10O4/c1-8(9(11)12)6-5-7-10(2,3)4;7-5(8)3-1-2-4-6(9)10/h6H,5,7H2,1-4H3,(H,11,12);1-4H2,(H,7,8)(H,9,10). The molecule has 0 heterocycles. The fraction of sp³-hybridized carbons (Fsp3) is 0.688. The topological polar surface area (TPSA) is 112 Å². The smallest absolute Gasteiger partial charge is 0.330 e. The number of carboxylic acids is 3. The van der Waals surface area contributed by atoms with Gasteiger partial charge in [0.25, 0.3) is 0 Å². The van der Waals surface area contributed by atoms with Gasteiger partial charge in [0, 0.05) is 18.4 Å². The zero-order valence-corrected chi connectivity index (χ0v) is 13.9. The number of aliphatic carboxylic acids is 3. The first-order valence-electron chi connectivity index (χ1n) is 7.29. The zero-order valence-electron chi connectivity index (χ0n) is 13.9. The molecule has 6 heteroatoms. The van der Waals surface area contributed by atoms with Gasteiger partial charge < -0.3 is 15.3 Å². The molecule has 0 spiro atoms. The van der Waals surface area contributed by atoms with Crippen molar-refractivity contribution in [3.63, 3.8) is 0 Å². The average Bonchev–Trinajstić information content (AvgIpc) is 2.33. The lowest BCUT2D eigenvalue weighted by molar-refractivity contribution is -0.139. The number of carbonyl (C=O) groups is 3. The van der Waals surface area contributed by atoms with Crippen molar-refractivity contribution in [1.82, 2.24) is 0 Å². The Labute approximate surface area is 131 Å². The predicted molar refractivity (Wildman–Crippen MR) is 83.8 cm³/mol. The molecule has 0 aromatic rings. The molecule has 0 aliphatic rings. The van der Waals surface area contributed by atoms with Crippen LogP contribution in [0, 0.1) is 5.41 Å². The van der Waals surface area contributed by atoms with Crippen LogP contribution in [0.1, 0.15) is 66.2 Å². The van der Waals surface area contributed by atoms with Crippen LogP contribution in [-0.4, -0.2) is 33.2 Å². The van der Waals surface area contributed by atoms with Crippen LogP contribution in [0.25, 0.3) is 0 Å². The average molecular weight is 316 g/mol. The molecule has 0 aliphatic carbocycles. The van der Waals surface area contributed by atoms with E-state index in [-0.39, 0.29) is 18.3 Å². The van der Waals surface area contributed by atoms with E-state index >= 15 is 0 Å². The van der Waals surface area contributed by atoms with Crippen LogP contribution < -0.4 is 0 Å². The van der Waals surface area contributed by atoms with Gasteiger partial charge in [-0.2, -0.15) is 0 Å². The highest BCUT2D eigenvalue weighted by molar-refractivity contribution is 5.85. The van der Waals surface area contributed by atoms with Crippen molar-refractivity contribution in [1.29, 1.82) is 0 Å². The lowest BCUT2D eigenvalue weighted by atomic mass is 9.90. The lowest BCUT2D eigenvalue weighted by Crippen LogP contribution is -2.04. The Morgan fingerprint density at radius 3 is 1.59 bits per heavy atom. The molecule has 0 radical (unpaired) electrons. The Bertz CT molecular complexity index is 374. The maximum absolute atomic E-state index is 10.4. The maximum Gasteiger partial charge on any atom is 0.330 e. The second-order valence-electron chi connectivity index (χ2n) is 6.29. The van der Waals surface area contributed by atoms with Gasteiger partial charge in [-0.3, -0.25) is 9.59 Å². The van der Waals surface area contributed by atoms with E-state index in [1.165, 1.54) is 0 Å². The molecule has 0 aliphatic heterocycles. The third kappa shape index (κ3) is 20.5. The lowest BCUT2D eigenvalue weighted by Gasteiger charge is -2.16. The predicted octanol–water partition coefficient (Wildman–Crippen LogP) is 3.56. The van der Waals surface area contributed by atoms with Crippen molar-refractivity contribution in [2.24, 2.45) is 5.41 Å². The highest BCUT2D eigenvalue weighted by Gasteiger charge is 2.08. The summed E-state index contributed by atoms with van der Waals surface area (Å²) in [6.45, 7) is 8.08. The van der Waals surface area contributed by atoms with Crippen LogP contribution in [-0.2, 0) is 14.4 Å². The van der Waals surface area contributed by atoms with Gasteiger partial charge in [0.2, 0.25) is 0 Å². The maximum atomic E-state index is 10.4. The number of carboxylic acid groups (broad SMARTS) is 3. The number of unbranched alkanes of at least 4 members (excludes halogenated alkanes) is 1. The minimum absolute atomic E-state index is 0.0628. The van der Waals surface area contributed by atoms with Crippen molar-refractivity contribution in [2.45, 2.75) is 66.2 Å². The van der Waals surface area contributed by atoms with Crippen LogP contribution in [0.2, 0.25) is 0 Å². The third-order valence-electron chi connectivity index (χ3n) is 2.71. The SMILES string of the molecule is CC(=CCCC(C)(C)C)C(=O)O.O=C(O)CCCCC(=O)O. The summed E-state index contributed by atoms with van der Waals surface area (Å²) in [4.78, 5) is 30.2. The molecule has 0 amide bonds. The Balaban J connectivity index is 0. The van der Waals surface area contributed by atoms with Crippen molar-refractivity contribution in [3.05, 3.63) is 11.6 Å². The van der Waals surface area contributed by atoms with Crippen LogP contribution in [0.3, 0.4) is 0 Å². The van der Waals surface area contributed by atoms with Crippen LogP contribution in [0.4, 0.5) is 0 Å². The van der Waals surface area contributed by atoms with E-state index in [1.54, 1.807) is 13.0 Å². The number of hydrogen-bond acceptors (Lipinski definition) is 3. The summed E-state index contributed by atoms with van der Waals surface area (Å²) in [7, 11) is 0. The summed E-state index contributed by atoms with van der Waals surface area (Å²) in [6.07, 6.45) is 4.68. The normalized spacial score (nSPS) is 11.4. The van der Waals surface area contributed by atoms with Gasteiger partial charge >= 0.3 is 17.9 Å². The first-order valence-corrected chi connectivity index (χ1v) is 7.29. The molecule has 0 aromatic carbocycles. The Hall–Kier alpha value is -1.85. The van der Waals surface area contributed by atoms with E-state index in [0.717, 1.165) is 12.8 Å². The van der Waals surface area contributed by atoms with Gasteiger partial charge in [-0.05, 0) is 38.0 Å². The molecule has 0 saturated carbocycles. The first-order chi connectivity index (χ1) is 9.95. The Morgan fingerprint density at radius 1 is 0.909 bits per heavy atom. The van der Waals surface area contributed by atoms with Gasteiger partial charge in [0.1, 0.15) is 0 Å². The van der Waals surface area contributed by atoms with Crippen molar-refractivity contribution >= 4 is 17.9 Å². The van der Waals surface area contributed by atoms with E-state index in [2.05, 4.69) is 20.8 Å². The molecule has 0 atom stereocenters. The van der Waals surface area contributed by atoms with Crippen LogP contribution >= 0.6 is 0 Å². The molecule has 22 heavy (non-hydrogen) atoms. The molecule has 6 nitrogen and oxygen atoms in total. The summed E-state index contributed by atoms with van der Waals surface area (Å²) in [5, 5.41) is 24.8. The number of rotatable bonds is 8. The minimum Gasteiger partial charge on any atom is -0.481 e. The van der Waals surface area contributed by atoms with Crippen LogP contribution in [0.5, 0.6) is 0 Å². The van der Waals surface area contributed by atoms with Gasteiger partial charge in [-0.1, -0.05) is 26.8 Å². The highest BCUT2D eigenvalue weighted by atomic mass is 16.4. The first kappa shape index (κ1) is 22.4.